The molecule has 0 aliphatic heterocycles. The van der Waals surface area contributed by atoms with Crippen LogP contribution in [0, 0.1) is 11.8 Å². The second-order valence-corrected chi connectivity index (χ2v) is 7.07. The van der Waals surface area contributed by atoms with Crippen molar-refractivity contribution in [3.05, 3.63) is 34.3 Å². The fourth-order valence-corrected chi connectivity index (χ4v) is 3.54. The van der Waals surface area contributed by atoms with E-state index in [2.05, 4.69) is 21.2 Å². The van der Waals surface area contributed by atoms with Gasteiger partial charge in [-0.3, -0.25) is 9.59 Å². The summed E-state index contributed by atoms with van der Waals surface area (Å²) in [6.07, 6.45) is 3.01. The van der Waals surface area contributed by atoms with Crippen LogP contribution in [0.2, 0.25) is 0 Å². The van der Waals surface area contributed by atoms with Gasteiger partial charge in [-0.25, -0.2) is 0 Å². The summed E-state index contributed by atoms with van der Waals surface area (Å²) in [4.78, 5) is 24.6. The van der Waals surface area contributed by atoms with Gasteiger partial charge in [-0.2, -0.15) is 0 Å². The molecule has 0 aromatic heterocycles. The zero-order valence-corrected chi connectivity index (χ0v) is 15.6. The predicted octanol–water partition coefficient (Wildman–Crippen LogP) is 2.93. The highest BCUT2D eigenvalue weighted by molar-refractivity contribution is 9.10. The molecule has 0 heterocycles. The lowest BCUT2D eigenvalue weighted by atomic mass is 9.94. The number of esters is 1. The summed E-state index contributed by atoms with van der Waals surface area (Å²) in [6, 6.07) is 7.23. The van der Waals surface area contributed by atoms with Gasteiger partial charge in [0, 0.05) is 10.4 Å². The van der Waals surface area contributed by atoms with Crippen molar-refractivity contribution in [2.24, 2.45) is 17.6 Å². The van der Waals surface area contributed by atoms with Gasteiger partial charge in [0.05, 0.1) is 19.1 Å². The van der Waals surface area contributed by atoms with Crippen LogP contribution in [0.5, 0.6) is 0 Å². The number of nitrogens with two attached hydrogens (primary N) is 1. The second-order valence-electron chi connectivity index (χ2n) is 6.16. The largest absolute Gasteiger partial charge is 0.466 e. The highest BCUT2D eigenvalue weighted by Gasteiger charge is 2.33. The van der Waals surface area contributed by atoms with Crippen molar-refractivity contribution in [1.82, 2.24) is 5.32 Å². The first-order valence-corrected chi connectivity index (χ1v) is 9.26. The standard InChI is InChI=1S/C18H25BrN2O3/c1-2-24-17(22)10-16(12-6-8-14(19)9-7-12)21-18(23)15-5-3-4-13(15)11-20/h6-9,13,15-16H,2-5,10-11,20H2,1H3,(H,21,23)/t13-,15-,16?/m1/s1. The molecule has 1 aromatic rings. The van der Waals surface area contributed by atoms with Gasteiger partial charge in [-0.15, -0.1) is 0 Å². The highest BCUT2D eigenvalue weighted by Crippen LogP contribution is 2.32. The molecule has 0 spiro atoms. The lowest BCUT2D eigenvalue weighted by Crippen LogP contribution is -2.38. The van der Waals surface area contributed by atoms with E-state index in [4.69, 9.17) is 10.5 Å². The first kappa shape index (κ1) is 18.9. The second kappa shape index (κ2) is 9.18. The van der Waals surface area contributed by atoms with Crippen molar-refractivity contribution >= 4 is 27.8 Å². The van der Waals surface area contributed by atoms with E-state index in [0.29, 0.717) is 13.2 Å². The Morgan fingerprint density at radius 2 is 2.04 bits per heavy atom. The number of benzene rings is 1. The van der Waals surface area contributed by atoms with Crippen LogP contribution in [0.25, 0.3) is 0 Å². The SMILES string of the molecule is CCOC(=O)CC(NC(=O)[C@@H]1CCC[C@@H]1CN)c1ccc(Br)cc1. The first-order chi connectivity index (χ1) is 11.5. The summed E-state index contributed by atoms with van der Waals surface area (Å²) < 4.78 is 6.00. The van der Waals surface area contributed by atoms with E-state index < -0.39 is 0 Å². The number of hydrogen-bond acceptors (Lipinski definition) is 4. The molecule has 0 radical (unpaired) electrons. The molecule has 1 aromatic carbocycles. The Balaban J connectivity index is 2.11. The Morgan fingerprint density at radius 3 is 2.67 bits per heavy atom. The van der Waals surface area contributed by atoms with E-state index in [9.17, 15) is 9.59 Å². The molecule has 1 unspecified atom stereocenters. The van der Waals surface area contributed by atoms with Gasteiger partial charge in [-0.1, -0.05) is 34.5 Å². The minimum atomic E-state index is -0.385. The van der Waals surface area contributed by atoms with Gasteiger partial charge >= 0.3 is 5.97 Å². The molecule has 132 valence electrons. The zero-order valence-electron chi connectivity index (χ0n) is 14.0. The van der Waals surface area contributed by atoms with E-state index in [1.54, 1.807) is 6.92 Å². The molecule has 3 atom stereocenters. The van der Waals surface area contributed by atoms with Crippen molar-refractivity contribution in [2.75, 3.05) is 13.2 Å². The number of carbonyl (C=O) groups excluding carboxylic acids is 2. The lowest BCUT2D eigenvalue weighted by molar-refractivity contribution is -0.144. The number of hydrogen-bond donors (Lipinski definition) is 2. The van der Waals surface area contributed by atoms with E-state index >= 15 is 0 Å². The summed E-state index contributed by atoms with van der Waals surface area (Å²) in [5.74, 6) is -0.152. The van der Waals surface area contributed by atoms with Crippen molar-refractivity contribution in [2.45, 2.75) is 38.6 Å². The third-order valence-corrected chi connectivity index (χ3v) is 5.09. The highest BCUT2D eigenvalue weighted by atomic mass is 79.9. The Morgan fingerprint density at radius 1 is 1.33 bits per heavy atom. The van der Waals surface area contributed by atoms with Crippen molar-refractivity contribution in [3.8, 4) is 0 Å². The number of halogens is 1. The molecule has 0 bridgehead atoms. The Kier molecular flexibility index (Phi) is 7.24. The zero-order chi connectivity index (χ0) is 17.5. The molecular weight excluding hydrogens is 372 g/mol. The molecule has 5 nitrogen and oxygen atoms in total. The molecule has 3 N–H and O–H groups in total. The maximum absolute atomic E-state index is 12.7. The van der Waals surface area contributed by atoms with E-state index in [0.717, 1.165) is 29.3 Å². The third kappa shape index (κ3) is 5.05. The Labute approximate surface area is 151 Å². The van der Waals surface area contributed by atoms with Crippen LogP contribution in [0.1, 0.15) is 44.2 Å². The third-order valence-electron chi connectivity index (χ3n) is 4.56. The van der Waals surface area contributed by atoms with Crippen LogP contribution in [-0.2, 0) is 14.3 Å². The van der Waals surface area contributed by atoms with Crippen LogP contribution >= 0.6 is 15.9 Å². The summed E-state index contributed by atoms with van der Waals surface area (Å²) in [5, 5.41) is 3.04. The van der Waals surface area contributed by atoms with Crippen LogP contribution < -0.4 is 11.1 Å². The van der Waals surface area contributed by atoms with Crippen LogP contribution in [0.3, 0.4) is 0 Å². The minimum Gasteiger partial charge on any atom is -0.466 e. The molecule has 1 amide bonds. The van der Waals surface area contributed by atoms with Gasteiger partial charge in [0.2, 0.25) is 5.91 Å². The number of rotatable bonds is 7. The Hall–Kier alpha value is -1.40. The summed E-state index contributed by atoms with van der Waals surface area (Å²) in [7, 11) is 0. The molecule has 1 saturated carbocycles. The minimum absolute atomic E-state index is 0.0137. The van der Waals surface area contributed by atoms with Crippen LogP contribution in [0.15, 0.2) is 28.7 Å². The maximum Gasteiger partial charge on any atom is 0.308 e. The molecule has 6 heteroatoms. The van der Waals surface area contributed by atoms with Gasteiger partial charge in [-0.05, 0) is 49.9 Å². The molecule has 1 fully saturated rings. The van der Waals surface area contributed by atoms with Gasteiger partial charge < -0.3 is 15.8 Å². The summed E-state index contributed by atoms with van der Waals surface area (Å²) in [5.41, 5.74) is 6.67. The fraction of sp³-hybridized carbons (Fsp3) is 0.556. The number of amides is 1. The average molecular weight is 397 g/mol. The smallest absolute Gasteiger partial charge is 0.308 e. The van der Waals surface area contributed by atoms with Gasteiger partial charge in [0.25, 0.3) is 0 Å². The van der Waals surface area contributed by atoms with E-state index in [-0.39, 0.29) is 36.2 Å². The molecule has 1 aliphatic carbocycles. The van der Waals surface area contributed by atoms with E-state index in [1.807, 2.05) is 24.3 Å². The molecule has 1 aliphatic rings. The summed E-state index contributed by atoms with van der Waals surface area (Å²) >= 11 is 3.40. The number of nitrogens with one attached hydrogen (secondary N) is 1. The lowest BCUT2D eigenvalue weighted by Gasteiger charge is -2.23. The van der Waals surface area contributed by atoms with Crippen molar-refractivity contribution in [1.29, 1.82) is 0 Å². The Bertz CT molecular complexity index is 562. The number of carbonyl (C=O) groups is 2. The number of ether oxygens (including phenoxy) is 1. The average Bonchev–Trinajstić information content (AvgIpc) is 3.04. The molecule has 0 saturated heterocycles. The fourth-order valence-electron chi connectivity index (χ4n) is 3.28. The van der Waals surface area contributed by atoms with Crippen LogP contribution in [0.4, 0.5) is 0 Å². The normalized spacial score (nSPS) is 21.3. The molecule has 24 heavy (non-hydrogen) atoms. The maximum atomic E-state index is 12.7. The molecular formula is C18H25BrN2O3. The van der Waals surface area contributed by atoms with E-state index in [1.165, 1.54) is 0 Å². The van der Waals surface area contributed by atoms with Crippen LogP contribution in [-0.4, -0.2) is 25.0 Å². The van der Waals surface area contributed by atoms with Crippen molar-refractivity contribution in [3.63, 3.8) is 0 Å². The topological polar surface area (TPSA) is 81.4 Å². The monoisotopic (exact) mass is 396 g/mol. The first-order valence-electron chi connectivity index (χ1n) is 8.46. The van der Waals surface area contributed by atoms with Gasteiger partial charge in [0.1, 0.15) is 0 Å². The summed E-state index contributed by atoms with van der Waals surface area (Å²) in [6.45, 7) is 2.63. The molecule has 2 rings (SSSR count). The predicted molar refractivity (Wildman–Crippen MR) is 96.2 cm³/mol. The van der Waals surface area contributed by atoms with Gasteiger partial charge in [0.15, 0.2) is 0 Å². The van der Waals surface area contributed by atoms with Crippen molar-refractivity contribution < 1.29 is 14.3 Å². The quantitative estimate of drug-likeness (QED) is 0.694.